The third-order valence-corrected chi connectivity index (χ3v) is 8.57. The van der Waals surface area contributed by atoms with E-state index in [-0.39, 0.29) is 29.1 Å². The molecule has 130 valence electrons. The largest absolute Gasteiger partial charge is 0.396 e. The molecule has 0 bridgehead atoms. The Morgan fingerprint density at radius 2 is 2.04 bits per heavy atom. The van der Waals surface area contributed by atoms with Crippen molar-refractivity contribution in [1.29, 1.82) is 5.26 Å². The summed E-state index contributed by atoms with van der Waals surface area (Å²) in [5.74, 6) is 2.79. The molecule has 0 unspecified atom stereocenters. The van der Waals surface area contributed by atoms with E-state index in [1.54, 1.807) is 0 Å². The number of ketones is 1. The topological polar surface area (TPSA) is 61.1 Å². The first kappa shape index (κ1) is 16.3. The highest BCUT2D eigenvalue weighted by Gasteiger charge is 2.61. The minimum atomic E-state index is -0.198. The smallest absolute Gasteiger partial charge is 0.155 e. The number of hydrogen-bond acceptors (Lipinski definition) is 3. The van der Waals surface area contributed by atoms with Crippen LogP contribution in [-0.2, 0) is 4.79 Å². The maximum atomic E-state index is 11.9. The van der Waals surface area contributed by atoms with E-state index < -0.39 is 0 Å². The molecule has 3 fully saturated rings. The zero-order valence-electron chi connectivity index (χ0n) is 14.9. The molecule has 0 amide bonds. The first-order valence-corrected chi connectivity index (χ1v) is 9.70. The fraction of sp³-hybridized carbons (Fsp3) is 0.810. The number of aliphatic hydroxyl groups excluding tert-OH is 1. The van der Waals surface area contributed by atoms with Crippen molar-refractivity contribution in [2.75, 3.05) is 6.61 Å². The Kier molecular flexibility index (Phi) is 3.69. The fourth-order valence-corrected chi connectivity index (χ4v) is 6.96. The lowest BCUT2D eigenvalue weighted by molar-refractivity contribution is -0.116. The zero-order valence-corrected chi connectivity index (χ0v) is 14.9. The number of hydrogen-bond donors (Lipinski definition) is 1. The monoisotopic (exact) mass is 327 g/mol. The van der Waals surface area contributed by atoms with E-state index in [1.807, 2.05) is 6.08 Å². The summed E-state index contributed by atoms with van der Waals surface area (Å²) in [7, 11) is 0. The molecule has 4 rings (SSSR count). The van der Waals surface area contributed by atoms with Gasteiger partial charge >= 0.3 is 0 Å². The highest BCUT2D eigenvalue weighted by Crippen LogP contribution is 2.68. The molecule has 4 aliphatic carbocycles. The van der Waals surface area contributed by atoms with Crippen molar-refractivity contribution >= 4 is 5.78 Å². The summed E-state index contributed by atoms with van der Waals surface area (Å²) < 4.78 is 0. The van der Waals surface area contributed by atoms with Crippen molar-refractivity contribution in [2.45, 2.75) is 58.8 Å². The average molecular weight is 327 g/mol. The van der Waals surface area contributed by atoms with Crippen molar-refractivity contribution < 1.29 is 9.90 Å². The van der Waals surface area contributed by atoms with Crippen molar-refractivity contribution in [2.24, 2.45) is 40.4 Å². The maximum Gasteiger partial charge on any atom is 0.155 e. The predicted molar refractivity (Wildman–Crippen MR) is 91.8 cm³/mol. The zero-order chi connectivity index (χ0) is 17.1. The summed E-state index contributed by atoms with van der Waals surface area (Å²) in [5.41, 5.74) is 1.17. The quantitative estimate of drug-likeness (QED) is 0.795. The predicted octanol–water partition coefficient (Wildman–Crippen LogP) is 3.88. The summed E-state index contributed by atoms with van der Waals surface area (Å²) in [5, 5.41) is 19.8. The second kappa shape index (κ2) is 5.43. The van der Waals surface area contributed by atoms with Crippen molar-refractivity contribution in [3.63, 3.8) is 0 Å². The number of nitriles is 1. The first-order valence-electron chi connectivity index (χ1n) is 9.70. The summed E-state index contributed by atoms with van der Waals surface area (Å²) in [4.78, 5) is 11.9. The Labute approximate surface area is 145 Å². The molecule has 0 saturated heterocycles. The van der Waals surface area contributed by atoms with E-state index in [0.29, 0.717) is 30.1 Å². The molecule has 7 atom stereocenters. The molecule has 4 aliphatic rings. The van der Waals surface area contributed by atoms with Gasteiger partial charge in [-0.1, -0.05) is 12.5 Å². The number of nitrogens with zero attached hydrogens (tertiary/aromatic N) is 1. The lowest BCUT2D eigenvalue weighted by atomic mass is 9.48. The van der Waals surface area contributed by atoms with E-state index in [9.17, 15) is 15.2 Å². The summed E-state index contributed by atoms with van der Waals surface area (Å²) in [6.45, 7) is 4.69. The number of fused-ring (bicyclic) bond motifs is 5. The summed E-state index contributed by atoms with van der Waals surface area (Å²) >= 11 is 0. The van der Waals surface area contributed by atoms with Crippen LogP contribution >= 0.6 is 0 Å². The van der Waals surface area contributed by atoms with Gasteiger partial charge in [0.1, 0.15) is 0 Å². The Bertz CT molecular complexity index is 632. The summed E-state index contributed by atoms with van der Waals surface area (Å²) in [6, 6.07) is 2.66. The standard InChI is InChI=1S/C21H29NO2/c1-20(12-22)7-6-19-18-9-13(11-23)17-10-14(24)3-4-15(17)16(18)5-8-21(19,20)2/h10,13,15-16,18-19,23H,3-9,11H2,1-2H3/t13-,15+,16+,18+,19-,20+,21-/m0/s1. The third-order valence-electron chi connectivity index (χ3n) is 8.57. The molecule has 24 heavy (non-hydrogen) atoms. The Hall–Kier alpha value is -1.14. The van der Waals surface area contributed by atoms with Crippen LogP contribution in [0.25, 0.3) is 0 Å². The number of carbonyl (C=O) groups excluding carboxylic acids is 1. The Balaban J connectivity index is 1.70. The lowest BCUT2D eigenvalue weighted by Crippen LogP contribution is -2.50. The average Bonchev–Trinajstić information content (AvgIpc) is 2.86. The van der Waals surface area contributed by atoms with Crippen LogP contribution in [-0.4, -0.2) is 17.5 Å². The SMILES string of the molecule is C[C@]1(C#N)CC[C@H]2[C@@H]3C[C@@H](CO)C4=CC(=O)CC[C@@H]4[C@H]3CC[C@@]21C. The van der Waals surface area contributed by atoms with Gasteiger partial charge in [0.25, 0.3) is 0 Å². The van der Waals surface area contributed by atoms with E-state index in [1.165, 1.54) is 12.0 Å². The second-order valence-electron chi connectivity index (χ2n) is 9.24. The lowest BCUT2D eigenvalue weighted by Gasteiger charge is -2.56. The van der Waals surface area contributed by atoms with Crippen LogP contribution in [0.4, 0.5) is 0 Å². The minimum absolute atomic E-state index is 0.120. The van der Waals surface area contributed by atoms with Crippen molar-refractivity contribution in [3.8, 4) is 6.07 Å². The number of carbonyl (C=O) groups is 1. The molecule has 0 aromatic rings. The van der Waals surface area contributed by atoms with Gasteiger partial charge in [-0.15, -0.1) is 0 Å². The van der Waals surface area contributed by atoms with Gasteiger partial charge < -0.3 is 5.11 Å². The molecule has 3 heteroatoms. The summed E-state index contributed by atoms with van der Waals surface area (Å²) in [6.07, 6.45) is 9.03. The number of aliphatic hydroxyl groups is 1. The molecule has 3 saturated carbocycles. The van der Waals surface area contributed by atoms with Gasteiger partial charge in [0.2, 0.25) is 0 Å². The minimum Gasteiger partial charge on any atom is -0.396 e. The maximum absolute atomic E-state index is 11.9. The second-order valence-corrected chi connectivity index (χ2v) is 9.24. The van der Waals surface area contributed by atoms with E-state index in [0.717, 1.165) is 32.1 Å². The number of rotatable bonds is 1. The van der Waals surface area contributed by atoms with Crippen LogP contribution in [0.2, 0.25) is 0 Å². The van der Waals surface area contributed by atoms with Crippen LogP contribution in [0.15, 0.2) is 11.6 Å². The van der Waals surface area contributed by atoms with Crippen LogP contribution in [0, 0.1) is 51.8 Å². The van der Waals surface area contributed by atoms with Gasteiger partial charge in [-0.05, 0) is 80.6 Å². The highest BCUT2D eigenvalue weighted by atomic mass is 16.3. The van der Waals surface area contributed by atoms with Crippen LogP contribution < -0.4 is 0 Å². The van der Waals surface area contributed by atoms with Crippen LogP contribution in [0.1, 0.15) is 58.8 Å². The molecule has 0 radical (unpaired) electrons. The molecule has 3 nitrogen and oxygen atoms in total. The molecule has 0 aromatic heterocycles. The third kappa shape index (κ3) is 2.02. The molecule has 0 aromatic carbocycles. The van der Waals surface area contributed by atoms with Crippen molar-refractivity contribution in [1.82, 2.24) is 0 Å². The molecule has 1 N–H and O–H groups in total. The Morgan fingerprint density at radius 1 is 1.25 bits per heavy atom. The first-order chi connectivity index (χ1) is 11.4. The molecule has 0 aliphatic heterocycles. The van der Waals surface area contributed by atoms with Crippen LogP contribution in [0.5, 0.6) is 0 Å². The fourth-order valence-electron chi connectivity index (χ4n) is 6.96. The molecular formula is C21H29NO2. The van der Waals surface area contributed by atoms with Crippen LogP contribution in [0.3, 0.4) is 0 Å². The van der Waals surface area contributed by atoms with Gasteiger partial charge in [-0.3, -0.25) is 4.79 Å². The van der Waals surface area contributed by atoms with Gasteiger partial charge in [-0.25, -0.2) is 0 Å². The molecule has 0 spiro atoms. The molecular weight excluding hydrogens is 298 g/mol. The molecule has 0 heterocycles. The van der Waals surface area contributed by atoms with Crippen molar-refractivity contribution in [3.05, 3.63) is 11.6 Å². The normalized spacial score (nSPS) is 50.3. The van der Waals surface area contributed by atoms with Gasteiger partial charge in [0.05, 0.1) is 11.5 Å². The van der Waals surface area contributed by atoms with E-state index >= 15 is 0 Å². The highest BCUT2D eigenvalue weighted by molar-refractivity contribution is 5.91. The van der Waals surface area contributed by atoms with Gasteiger partial charge in [-0.2, -0.15) is 5.26 Å². The van der Waals surface area contributed by atoms with E-state index in [4.69, 9.17) is 0 Å². The van der Waals surface area contributed by atoms with E-state index in [2.05, 4.69) is 19.9 Å². The van der Waals surface area contributed by atoms with Gasteiger partial charge in [0.15, 0.2) is 5.78 Å². The van der Waals surface area contributed by atoms with Gasteiger partial charge in [0, 0.05) is 18.9 Å². The Morgan fingerprint density at radius 3 is 2.75 bits per heavy atom.